The molecule has 0 N–H and O–H groups in total. The van der Waals surface area contributed by atoms with Gasteiger partial charge in [-0.05, 0) is 27.7 Å². The van der Waals surface area contributed by atoms with Crippen LogP contribution < -0.4 is 0 Å². The van der Waals surface area contributed by atoms with Crippen molar-refractivity contribution >= 4 is 5.78 Å². The standard InChI is InChI=1S/C11H20O3/c1-10(2,3)14-9-6-8(12)7-11(9,4)13-5/h9H,6-7H2,1-5H3/t9-,11-/m0/s1. The van der Waals surface area contributed by atoms with E-state index in [4.69, 9.17) is 9.47 Å². The van der Waals surface area contributed by atoms with Crippen molar-refractivity contribution in [2.24, 2.45) is 0 Å². The summed E-state index contributed by atoms with van der Waals surface area (Å²) in [6, 6.07) is 0. The van der Waals surface area contributed by atoms with Crippen LogP contribution in [0.25, 0.3) is 0 Å². The molecule has 3 nitrogen and oxygen atoms in total. The lowest BCUT2D eigenvalue weighted by Crippen LogP contribution is -2.42. The van der Waals surface area contributed by atoms with Crippen LogP contribution in [0.4, 0.5) is 0 Å². The Balaban J connectivity index is 2.72. The first-order valence-corrected chi connectivity index (χ1v) is 5.01. The van der Waals surface area contributed by atoms with E-state index in [0.717, 1.165) is 0 Å². The summed E-state index contributed by atoms with van der Waals surface area (Å²) in [5.41, 5.74) is -0.667. The average molecular weight is 200 g/mol. The maximum Gasteiger partial charge on any atom is 0.138 e. The number of ketones is 1. The molecule has 2 atom stereocenters. The highest BCUT2D eigenvalue weighted by Crippen LogP contribution is 2.34. The molecule has 1 fully saturated rings. The highest BCUT2D eigenvalue weighted by molar-refractivity contribution is 5.83. The molecule has 1 saturated carbocycles. The van der Waals surface area contributed by atoms with Gasteiger partial charge in [0.1, 0.15) is 5.78 Å². The van der Waals surface area contributed by atoms with Gasteiger partial charge in [0, 0.05) is 20.0 Å². The number of rotatable bonds is 2. The molecule has 0 aliphatic heterocycles. The summed E-state index contributed by atoms with van der Waals surface area (Å²) in [6.07, 6.45) is 0.825. The SMILES string of the molecule is CO[C@@]1(C)CC(=O)C[C@@H]1OC(C)(C)C. The summed E-state index contributed by atoms with van der Waals surface area (Å²) in [5, 5.41) is 0. The van der Waals surface area contributed by atoms with Crippen LogP contribution in [0.1, 0.15) is 40.5 Å². The van der Waals surface area contributed by atoms with Crippen LogP contribution in [-0.4, -0.2) is 30.2 Å². The van der Waals surface area contributed by atoms with E-state index in [0.29, 0.717) is 12.8 Å². The van der Waals surface area contributed by atoms with Crippen molar-refractivity contribution in [3.63, 3.8) is 0 Å². The normalized spacial score (nSPS) is 33.8. The van der Waals surface area contributed by atoms with Crippen molar-refractivity contribution in [2.75, 3.05) is 7.11 Å². The van der Waals surface area contributed by atoms with Gasteiger partial charge in [0.05, 0.1) is 17.3 Å². The van der Waals surface area contributed by atoms with E-state index in [9.17, 15) is 4.79 Å². The average Bonchev–Trinajstić information content (AvgIpc) is 2.25. The van der Waals surface area contributed by atoms with Gasteiger partial charge in [-0.2, -0.15) is 0 Å². The Bertz CT molecular complexity index is 229. The first kappa shape index (κ1) is 11.7. The molecule has 0 spiro atoms. The molecule has 82 valence electrons. The van der Waals surface area contributed by atoms with E-state index in [1.54, 1.807) is 7.11 Å². The van der Waals surface area contributed by atoms with Crippen LogP contribution in [-0.2, 0) is 14.3 Å². The molecule has 0 saturated heterocycles. The molecule has 0 unspecified atom stereocenters. The van der Waals surface area contributed by atoms with E-state index in [2.05, 4.69) is 0 Å². The predicted octanol–water partition coefficient (Wildman–Crippen LogP) is 1.94. The second-order valence-corrected chi connectivity index (χ2v) is 5.16. The molecule has 1 aliphatic rings. The van der Waals surface area contributed by atoms with Gasteiger partial charge >= 0.3 is 0 Å². The lowest BCUT2D eigenvalue weighted by atomic mass is 10.0. The fourth-order valence-corrected chi connectivity index (χ4v) is 1.80. The van der Waals surface area contributed by atoms with Crippen molar-refractivity contribution in [1.82, 2.24) is 0 Å². The molecule has 3 heteroatoms. The number of Topliss-reactive ketones (excluding diaryl/α,β-unsaturated/α-hetero) is 1. The third-order valence-corrected chi connectivity index (χ3v) is 2.60. The molecule has 1 rings (SSSR count). The van der Waals surface area contributed by atoms with Crippen LogP contribution in [0, 0.1) is 0 Å². The molecule has 1 aliphatic carbocycles. The van der Waals surface area contributed by atoms with Gasteiger partial charge in [0.2, 0.25) is 0 Å². The minimum Gasteiger partial charge on any atom is -0.375 e. The Hall–Kier alpha value is -0.410. The van der Waals surface area contributed by atoms with Crippen molar-refractivity contribution in [1.29, 1.82) is 0 Å². The number of hydrogen-bond acceptors (Lipinski definition) is 3. The maximum absolute atomic E-state index is 11.4. The van der Waals surface area contributed by atoms with E-state index in [1.807, 2.05) is 27.7 Å². The Kier molecular flexibility index (Phi) is 3.02. The summed E-state index contributed by atoms with van der Waals surface area (Å²) in [6.45, 7) is 7.91. The number of carbonyl (C=O) groups excluding carboxylic acids is 1. The lowest BCUT2D eigenvalue weighted by Gasteiger charge is -2.34. The number of ether oxygens (including phenoxy) is 2. The van der Waals surface area contributed by atoms with Crippen LogP contribution >= 0.6 is 0 Å². The fraction of sp³-hybridized carbons (Fsp3) is 0.909. The van der Waals surface area contributed by atoms with Crippen LogP contribution in [0.2, 0.25) is 0 Å². The van der Waals surface area contributed by atoms with E-state index in [1.165, 1.54) is 0 Å². The van der Waals surface area contributed by atoms with Gasteiger partial charge in [-0.15, -0.1) is 0 Å². The molecule has 0 radical (unpaired) electrons. The van der Waals surface area contributed by atoms with Crippen LogP contribution in [0.5, 0.6) is 0 Å². The first-order valence-electron chi connectivity index (χ1n) is 5.01. The van der Waals surface area contributed by atoms with Gasteiger partial charge in [0.15, 0.2) is 0 Å². The predicted molar refractivity (Wildman–Crippen MR) is 54.3 cm³/mol. The minimum absolute atomic E-state index is 0.111. The molecule has 0 aromatic rings. The fourth-order valence-electron chi connectivity index (χ4n) is 1.80. The number of methoxy groups -OCH3 is 1. The lowest BCUT2D eigenvalue weighted by molar-refractivity contribution is -0.149. The number of hydrogen-bond donors (Lipinski definition) is 0. The zero-order valence-corrected chi connectivity index (χ0v) is 9.72. The monoisotopic (exact) mass is 200 g/mol. The number of carbonyl (C=O) groups is 1. The van der Waals surface area contributed by atoms with Crippen LogP contribution in [0.3, 0.4) is 0 Å². The summed E-state index contributed by atoms with van der Waals surface area (Å²) in [4.78, 5) is 11.4. The van der Waals surface area contributed by atoms with Crippen LogP contribution in [0.15, 0.2) is 0 Å². The second-order valence-electron chi connectivity index (χ2n) is 5.16. The van der Waals surface area contributed by atoms with E-state index in [-0.39, 0.29) is 17.5 Å². The maximum atomic E-state index is 11.4. The highest BCUT2D eigenvalue weighted by Gasteiger charge is 2.46. The Morgan fingerprint density at radius 3 is 2.43 bits per heavy atom. The van der Waals surface area contributed by atoms with Gasteiger partial charge in [-0.3, -0.25) is 4.79 Å². The van der Waals surface area contributed by atoms with Gasteiger partial charge < -0.3 is 9.47 Å². The summed E-state index contributed by atoms with van der Waals surface area (Å²) < 4.78 is 11.2. The molecular weight excluding hydrogens is 180 g/mol. The quantitative estimate of drug-likeness (QED) is 0.683. The molecular formula is C11H20O3. The summed E-state index contributed by atoms with van der Waals surface area (Å²) in [5.74, 6) is 0.226. The van der Waals surface area contributed by atoms with Gasteiger partial charge in [-0.1, -0.05) is 0 Å². The Morgan fingerprint density at radius 2 is 2.00 bits per heavy atom. The zero-order valence-electron chi connectivity index (χ0n) is 9.72. The topological polar surface area (TPSA) is 35.5 Å². The molecule has 0 aromatic carbocycles. The third-order valence-electron chi connectivity index (χ3n) is 2.60. The second kappa shape index (κ2) is 3.63. The Labute approximate surface area is 85.8 Å². The van der Waals surface area contributed by atoms with E-state index >= 15 is 0 Å². The molecule has 14 heavy (non-hydrogen) atoms. The molecule has 0 aromatic heterocycles. The summed E-state index contributed by atoms with van der Waals surface area (Å²) >= 11 is 0. The zero-order chi connectivity index (χ0) is 11.0. The molecule has 0 bridgehead atoms. The highest BCUT2D eigenvalue weighted by atomic mass is 16.6. The van der Waals surface area contributed by atoms with E-state index < -0.39 is 5.60 Å². The largest absolute Gasteiger partial charge is 0.375 e. The smallest absolute Gasteiger partial charge is 0.138 e. The van der Waals surface area contributed by atoms with Crippen molar-refractivity contribution in [3.05, 3.63) is 0 Å². The van der Waals surface area contributed by atoms with Crippen molar-refractivity contribution in [2.45, 2.75) is 57.8 Å². The molecule has 0 amide bonds. The Morgan fingerprint density at radius 1 is 1.43 bits per heavy atom. The summed E-state index contributed by atoms with van der Waals surface area (Å²) in [7, 11) is 1.64. The van der Waals surface area contributed by atoms with Crippen molar-refractivity contribution in [3.8, 4) is 0 Å². The molecule has 0 heterocycles. The van der Waals surface area contributed by atoms with Crippen molar-refractivity contribution < 1.29 is 14.3 Å². The van der Waals surface area contributed by atoms with Gasteiger partial charge in [-0.25, -0.2) is 0 Å². The first-order chi connectivity index (χ1) is 6.27. The third kappa shape index (κ3) is 2.55. The van der Waals surface area contributed by atoms with Gasteiger partial charge in [0.25, 0.3) is 0 Å². The minimum atomic E-state index is -0.440.